The highest BCUT2D eigenvalue weighted by Crippen LogP contribution is 2.26. The Morgan fingerprint density at radius 2 is 1.34 bits per heavy atom. The second-order valence-corrected chi connectivity index (χ2v) is 10.4. The molecule has 3 N–H and O–H groups in total. The molecule has 2 aromatic carbocycles. The van der Waals surface area contributed by atoms with Gasteiger partial charge in [0.1, 0.15) is 11.2 Å². The van der Waals surface area contributed by atoms with E-state index in [2.05, 4.69) is 55.4 Å². The first-order valence-corrected chi connectivity index (χ1v) is 14.5. The fourth-order valence-electron chi connectivity index (χ4n) is 3.56. The van der Waals surface area contributed by atoms with Gasteiger partial charge < -0.3 is 15.7 Å². The first-order chi connectivity index (χ1) is 19.4. The number of ketones is 2. The molecule has 3 rings (SSSR count). The largest absolute Gasteiger partial charge is 0.400 e. The van der Waals surface area contributed by atoms with Crippen molar-refractivity contribution in [1.82, 2.24) is 10.6 Å². The minimum Gasteiger partial charge on any atom is -0.400 e. The minimum atomic E-state index is -0.880. The number of carbonyl (C=O) groups excluding carboxylic acids is 3. The lowest BCUT2D eigenvalue weighted by atomic mass is 9.80. The second-order valence-electron chi connectivity index (χ2n) is 10.4. The zero-order chi connectivity index (χ0) is 32.1. The van der Waals surface area contributed by atoms with Crippen molar-refractivity contribution in [2.75, 3.05) is 27.2 Å². The van der Waals surface area contributed by atoms with Crippen molar-refractivity contribution < 1.29 is 19.5 Å². The third-order valence-corrected chi connectivity index (χ3v) is 6.64. The summed E-state index contributed by atoms with van der Waals surface area (Å²) in [5.74, 6) is 5.95. The van der Waals surface area contributed by atoms with Gasteiger partial charge in [-0.25, -0.2) is 0 Å². The van der Waals surface area contributed by atoms with Crippen molar-refractivity contribution in [2.45, 2.75) is 81.6 Å². The van der Waals surface area contributed by atoms with E-state index in [4.69, 9.17) is 5.11 Å². The SMILES string of the molecule is CC.CCCC1(C)CNC1.CCc1ccc(C#Cc2ccc(C(C)=O)cc2)cc1.CNC(=O)C(C)(C)C(C)=O.CO. The maximum Gasteiger partial charge on any atom is 0.232 e. The Balaban J connectivity index is 0. The maximum absolute atomic E-state index is 11.2. The molecule has 6 nitrogen and oxygen atoms in total. The molecular weight excluding hydrogens is 512 g/mol. The summed E-state index contributed by atoms with van der Waals surface area (Å²) >= 11 is 0. The van der Waals surface area contributed by atoms with Gasteiger partial charge in [-0.3, -0.25) is 14.4 Å². The first kappa shape index (κ1) is 39.9. The van der Waals surface area contributed by atoms with Crippen LogP contribution in [0.2, 0.25) is 0 Å². The molecule has 0 radical (unpaired) electrons. The molecule has 0 aliphatic carbocycles. The number of aliphatic hydroxyl groups is 1. The van der Waals surface area contributed by atoms with Gasteiger partial charge in [-0.2, -0.15) is 0 Å². The molecule has 0 bridgehead atoms. The first-order valence-electron chi connectivity index (χ1n) is 14.5. The average Bonchev–Trinajstić information content (AvgIpc) is 2.98. The van der Waals surface area contributed by atoms with Crippen molar-refractivity contribution >= 4 is 17.5 Å². The number of hydrogen-bond acceptors (Lipinski definition) is 5. The van der Waals surface area contributed by atoms with Crippen LogP contribution in [0, 0.1) is 22.7 Å². The number of rotatable bonds is 6. The van der Waals surface area contributed by atoms with Gasteiger partial charge in [-0.1, -0.05) is 77.1 Å². The molecule has 0 atom stereocenters. The molecule has 228 valence electrons. The molecule has 0 spiro atoms. The van der Waals surface area contributed by atoms with Crippen LogP contribution >= 0.6 is 0 Å². The second kappa shape index (κ2) is 21.5. The number of carbonyl (C=O) groups is 3. The summed E-state index contributed by atoms with van der Waals surface area (Å²) in [4.78, 5) is 32.9. The van der Waals surface area contributed by atoms with E-state index in [0.29, 0.717) is 5.41 Å². The molecule has 1 aliphatic rings. The third-order valence-electron chi connectivity index (χ3n) is 6.64. The van der Waals surface area contributed by atoms with Crippen molar-refractivity contribution in [1.29, 1.82) is 0 Å². The molecule has 41 heavy (non-hydrogen) atoms. The van der Waals surface area contributed by atoms with Crippen LogP contribution in [0.3, 0.4) is 0 Å². The quantitative estimate of drug-likeness (QED) is 0.219. The fourth-order valence-corrected chi connectivity index (χ4v) is 3.56. The number of nitrogens with one attached hydrogen (secondary N) is 2. The van der Waals surface area contributed by atoms with Crippen LogP contribution in [0.4, 0.5) is 0 Å². The molecule has 0 aromatic heterocycles. The Morgan fingerprint density at radius 3 is 1.59 bits per heavy atom. The lowest BCUT2D eigenvalue weighted by molar-refractivity contribution is -0.138. The van der Waals surface area contributed by atoms with E-state index in [1.54, 1.807) is 20.8 Å². The van der Waals surface area contributed by atoms with Crippen molar-refractivity contribution in [3.8, 4) is 11.8 Å². The van der Waals surface area contributed by atoms with Crippen LogP contribution < -0.4 is 10.6 Å². The smallest absolute Gasteiger partial charge is 0.232 e. The third kappa shape index (κ3) is 15.3. The minimum absolute atomic E-state index is 0.0784. The van der Waals surface area contributed by atoms with Gasteiger partial charge in [0.05, 0.1) is 0 Å². The number of hydrogen-bond donors (Lipinski definition) is 3. The Bertz CT molecular complexity index is 1090. The van der Waals surface area contributed by atoms with Crippen LogP contribution in [-0.4, -0.2) is 49.8 Å². The van der Waals surface area contributed by atoms with E-state index < -0.39 is 5.41 Å². The van der Waals surface area contributed by atoms with E-state index in [-0.39, 0.29) is 17.5 Å². The summed E-state index contributed by atoms with van der Waals surface area (Å²) in [5, 5.41) is 12.7. The van der Waals surface area contributed by atoms with Crippen LogP contribution in [0.1, 0.15) is 102 Å². The van der Waals surface area contributed by atoms with Crippen LogP contribution in [0.15, 0.2) is 48.5 Å². The number of benzene rings is 2. The normalized spacial score (nSPS) is 12.2. The Morgan fingerprint density at radius 1 is 0.902 bits per heavy atom. The Kier molecular flexibility index (Phi) is 20.9. The van der Waals surface area contributed by atoms with Crippen molar-refractivity contribution in [3.63, 3.8) is 0 Å². The fraction of sp³-hybridized carbons (Fsp3) is 0.514. The van der Waals surface area contributed by atoms with E-state index in [0.717, 1.165) is 30.2 Å². The van der Waals surface area contributed by atoms with Gasteiger partial charge in [0.25, 0.3) is 0 Å². The summed E-state index contributed by atoms with van der Waals surface area (Å²) in [7, 11) is 2.52. The lowest BCUT2D eigenvalue weighted by Gasteiger charge is -2.39. The topological polar surface area (TPSA) is 95.5 Å². The van der Waals surface area contributed by atoms with Gasteiger partial charge in [-0.05, 0) is 75.8 Å². The number of amides is 1. The Labute approximate surface area is 249 Å². The van der Waals surface area contributed by atoms with Crippen LogP contribution in [-0.2, 0) is 16.0 Å². The zero-order valence-electron chi connectivity index (χ0n) is 27.3. The van der Waals surface area contributed by atoms with Gasteiger partial charge in [-0.15, -0.1) is 0 Å². The van der Waals surface area contributed by atoms with Gasteiger partial charge >= 0.3 is 0 Å². The monoisotopic (exact) mass is 566 g/mol. The van der Waals surface area contributed by atoms with E-state index in [1.807, 2.05) is 50.2 Å². The highest BCUT2D eigenvalue weighted by atomic mass is 16.2. The lowest BCUT2D eigenvalue weighted by Crippen LogP contribution is -2.51. The van der Waals surface area contributed by atoms with Gasteiger partial charge in [0.15, 0.2) is 5.78 Å². The highest BCUT2D eigenvalue weighted by Gasteiger charge is 2.31. The molecule has 0 unspecified atom stereocenters. The summed E-state index contributed by atoms with van der Waals surface area (Å²) in [5.41, 5.74) is 3.75. The van der Waals surface area contributed by atoms with E-state index >= 15 is 0 Å². The molecule has 1 heterocycles. The highest BCUT2D eigenvalue weighted by molar-refractivity contribution is 6.04. The molecule has 6 heteroatoms. The van der Waals surface area contributed by atoms with E-state index in [1.165, 1.54) is 45.5 Å². The van der Waals surface area contributed by atoms with E-state index in [9.17, 15) is 14.4 Å². The number of aryl methyl sites for hydroxylation is 1. The molecule has 0 saturated carbocycles. The summed E-state index contributed by atoms with van der Waals surface area (Å²) in [6.07, 6.45) is 3.76. The summed E-state index contributed by atoms with van der Waals surface area (Å²) < 4.78 is 0. The predicted octanol–water partition coefficient (Wildman–Crippen LogP) is 6.23. The molecule has 1 fully saturated rings. The summed E-state index contributed by atoms with van der Waals surface area (Å²) in [6.45, 7) is 19.4. The molecule has 1 aliphatic heterocycles. The average molecular weight is 567 g/mol. The van der Waals surface area contributed by atoms with Crippen LogP contribution in [0.25, 0.3) is 0 Å². The predicted molar refractivity (Wildman–Crippen MR) is 172 cm³/mol. The molecule has 2 aromatic rings. The van der Waals surface area contributed by atoms with Gasteiger partial charge in [0.2, 0.25) is 5.91 Å². The van der Waals surface area contributed by atoms with Crippen molar-refractivity contribution in [2.24, 2.45) is 10.8 Å². The van der Waals surface area contributed by atoms with Crippen molar-refractivity contribution in [3.05, 3.63) is 70.8 Å². The molecule has 1 saturated heterocycles. The standard InChI is InChI=1S/C18H16O.C7H13NO2.C7H15N.C2H6.CH4O/c1-3-15-4-6-16(7-5-15)8-9-17-10-12-18(13-11-17)14(2)19;1-5(9)7(2,3)6(10)8-4;1-3-4-7(2)5-8-6-7;2*1-2/h4-7,10-13H,3H2,1-2H3;1-4H3,(H,8,10);8H,3-6H2,1-2H3;1-2H3;2H,1H3. The number of aliphatic hydroxyl groups excluding tert-OH is 1. The maximum atomic E-state index is 11.2. The number of Topliss-reactive ketones (excluding diaryl/α,β-unsaturated/α-hetero) is 2. The Hall–Kier alpha value is -3.27. The zero-order valence-corrected chi connectivity index (χ0v) is 27.3. The van der Waals surface area contributed by atoms with Gasteiger partial charge in [0, 0.05) is 43.9 Å². The van der Waals surface area contributed by atoms with Crippen LogP contribution in [0.5, 0.6) is 0 Å². The summed E-state index contributed by atoms with van der Waals surface area (Å²) in [6, 6.07) is 15.7. The molecule has 1 amide bonds. The molecular formula is C35H54N2O4.